The molecule has 0 atom stereocenters. The van der Waals surface area contributed by atoms with Crippen LogP contribution in [0.3, 0.4) is 0 Å². The fraction of sp³-hybridized carbons (Fsp3) is 0.267. The van der Waals surface area contributed by atoms with E-state index in [1.54, 1.807) is 0 Å². The van der Waals surface area contributed by atoms with E-state index >= 15 is 0 Å². The summed E-state index contributed by atoms with van der Waals surface area (Å²) in [6, 6.07) is 9.98. The normalized spacial score (nSPS) is 12.8. The number of aliphatic carboxylic acids is 2. The Morgan fingerprint density at radius 2 is 1.46 bits per heavy atom. The zero-order valence-corrected chi connectivity index (χ0v) is 23.6. The van der Waals surface area contributed by atoms with E-state index in [0.29, 0.717) is 18.5 Å². The summed E-state index contributed by atoms with van der Waals surface area (Å²) in [5, 5.41) is 18.7. The van der Waals surface area contributed by atoms with E-state index < -0.39 is 11.9 Å². The molecule has 200 valence electrons. The van der Waals surface area contributed by atoms with E-state index in [-0.39, 0.29) is 30.2 Å². The molecule has 39 heavy (non-hydrogen) atoms. The summed E-state index contributed by atoms with van der Waals surface area (Å²) in [7, 11) is 0. The minimum Gasteiger partial charge on any atom is -0.481 e. The van der Waals surface area contributed by atoms with Gasteiger partial charge < -0.3 is 20.2 Å². The second-order valence-electron chi connectivity index (χ2n) is 9.98. The zero-order chi connectivity index (χ0) is 27.1. The Kier molecular flexibility index (Phi) is 7.96. The molecule has 4 N–H and O–H groups in total. The summed E-state index contributed by atoms with van der Waals surface area (Å²) < 4.78 is 0. The summed E-state index contributed by atoms with van der Waals surface area (Å²) in [6.45, 7) is 8.01. The number of aryl methyl sites for hydroxylation is 3. The van der Waals surface area contributed by atoms with Gasteiger partial charge in [-0.3, -0.25) is 9.59 Å². The first-order chi connectivity index (χ1) is 18.1. The van der Waals surface area contributed by atoms with E-state index in [0.717, 1.165) is 72.6 Å². The maximum atomic E-state index is 11.4. The summed E-state index contributed by atoms with van der Waals surface area (Å²) in [4.78, 5) is 39.5. The molecule has 0 spiro atoms. The van der Waals surface area contributed by atoms with Crippen LogP contribution >= 0.6 is 0 Å². The molecule has 0 aliphatic carbocycles. The van der Waals surface area contributed by atoms with Crippen molar-refractivity contribution >= 4 is 56.8 Å². The molecule has 0 saturated carbocycles. The molecule has 5 rings (SSSR count). The molecule has 0 saturated heterocycles. The summed E-state index contributed by atoms with van der Waals surface area (Å²) in [6.07, 6.45) is 2.74. The standard InChI is InChI=1S/C30H30N4O4.Cr/c1-15-9-20-12-25-17(3)21(5-7-29(35)36)27(33-25)14-28-22(6-8-30(37)38)18(4)26(34-28)13-24-16(2)10-19(32-24)11-23(15)31-20;/h9-14,31,34H,5-8H2,1-4H3,(H,35,36)(H,37,38);. The zero-order valence-electron chi connectivity index (χ0n) is 22.3. The summed E-state index contributed by atoms with van der Waals surface area (Å²) in [5.74, 6) is -1.73. The van der Waals surface area contributed by atoms with Crippen molar-refractivity contribution in [3.8, 4) is 0 Å². The van der Waals surface area contributed by atoms with Crippen molar-refractivity contribution in [2.75, 3.05) is 0 Å². The third-order valence-electron chi connectivity index (χ3n) is 7.26. The number of carboxylic acids is 2. The summed E-state index contributed by atoms with van der Waals surface area (Å²) >= 11 is 0. The van der Waals surface area contributed by atoms with Gasteiger partial charge in [0.15, 0.2) is 0 Å². The van der Waals surface area contributed by atoms with Crippen LogP contribution in [0.15, 0.2) is 30.3 Å². The molecule has 3 aromatic rings. The topological polar surface area (TPSA) is 132 Å². The van der Waals surface area contributed by atoms with Crippen LogP contribution in [0.2, 0.25) is 0 Å². The van der Waals surface area contributed by atoms with Gasteiger partial charge in [-0.25, -0.2) is 9.97 Å². The molecule has 8 nitrogen and oxygen atoms in total. The van der Waals surface area contributed by atoms with E-state index in [1.165, 1.54) is 0 Å². The van der Waals surface area contributed by atoms with Crippen LogP contribution in [-0.4, -0.2) is 42.1 Å². The molecule has 8 bridgehead atoms. The van der Waals surface area contributed by atoms with Gasteiger partial charge in [-0.05, 0) is 110 Å². The molecule has 0 fully saturated rings. The van der Waals surface area contributed by atoms with Gasteiger partial charge in [0, 0.05) is 52.3 Å². The molecule has 3 aromatic heterocycles. The minimum absolute atomic E-state index is 0. The van der Waals surface area contributed by atoms with Crippen LogP contribution < -0.4 is 0 Å². The van der Waals surface area contributed by atoms with Crippen molar-refractivity contribution in [3.05, 3.63) is 69.8 Å². The first-order valence-corrected chi connectivity index (χ1v) is 12.6. The Labute approximate surface area is 236 Å². The molecule has 0 radical (unpaired) electrons. The molecule has 2 aliphatic rings. The predicted octanol–water partition coefficient (Wildman–Crippen LogP) is 6.30. The number of hydrogen-bond donors (Lipinski definition) is 4. The molecule has 9 heteroatoms. The number of hydrogen-bond acceptors (Lipinski definition) is 4. The molecule has 0 amide bonds. The van der Waals surface area contributed by atoms with Gasteiger partial charge in [-0.2, -0.15) is 0 Å². The second-order valence-corrected chi connectivity index (χ2v) is 9.98. The minimum atomic E-state index is -0.868. The monoisotopic (exact) mass is 562 g/mol. The van der Waals surface area contributed by atoms with Crippen LogP contribution in [-0.2, 0) is 33.4 Å². The van der Waals surface area contributed by atoms with Crippen LogP contribution in [0.25, 0.3) is 44.9 Å². The average Bonchev–Trinajstić information content (AvgIpc) is 3.53. The fourth-order valence-electron chi connectivity index (χ4n) is 5.11. The number of aromatic nitrogens is 4. The number of nitrogens with zero attached hydrogens (tertiary/aromatic N) is 2. The van der Waals surface area contributed by atoms with E-state index in [9.17, 15) is 19.8 Å². The number of carbonyl (C=O) groups is 2. The van der Waals surface area contributed by atoms with Crippen molar-refractivity contribution in [2.45, 2.75) is 53.4 Å². The predicted molar refractivity (Wildman–Crippen MR) is 149 cm³/mol. The quantitative estimate of drug-likeness (QED) is 0.279. The van der Waals surface area contributed by atoms with Gasteiger partial charge in [0.05, 0.1) is 22.8 Å². The van der Waals surface area contributed by atoms with Gasteiger partial charge in [0.25, 0.3) is 0 Å². The van der Waals surface area contributed by atoms with Crippen molar-refractivity contribution in [3.63, 3.8) is 0 Å². The molecular formula is C30H30CrN4O4. The van der Waals surface area contributed by atoms with Crippen LogP contribution in [0, 0.1) is 13.8 Å². The molecular weight excluding hydrogens is 532 g/mol. The van der Waals surface area contributed by atoms with Crippen molar-refractivity contribution < 1.29 is 37.2 Å². The first-order valence-electron chi connectivity index (χ1n) is 12.6. The van der Waals surface area contributed by atoms with Crippen molar-refractivity contribution in [2.24, 2.45) is 0 Å². The maximum Gasteiger partial charge on any atom is 0.303 e. The first kappa shape index (κ1) is 28.1. The maximum absolute atomic E-state index is 11.4. The Hall–Kier alpha value is -3.93. The largest absolute Gasteiger partial charge is 0.481 e. The van der Waals surface area contributed by atoms with Gasteiger partial charge in [-0.1, -0.05) is 0 Å². The number of fused-ring (bicyclic) bond motifs is 8. The molecule has 5 heterocycles. The van der Waals surface area contributed by atoms with E-state index in [4.69, 9.17) is 9.97 Å². The number of H-pyrrole nitrogens is 2. The SMILES string of the molecule is CC1=Cc2cc3[nH]c(cc4nc(cc5[nH]c(cc1n2)c(C)c5CCC(=O)O)C(CCC(=O)O)=C4C)cc3C.[Cr]. The van der Waals surface area contributed by atoms with Crippen LogP contribution in [0.5, 0.6) is 0 Å². The number of rotatable bonds is 6. The van der Waals surface area contributed by atoms with Gasteiger partial charge in [0.2, 0.25) is 0 Å². The van der Waals surface area contributed by atoms with Crippen LogP contribution in [0.1, 0.15) is 72.6 Å². The van der Waals surface area contributed by atoms with Gasteiger partial charge in [-0.15, -0.1) is 0 Å². The Morgan fingerprint density at radius 3 is 2.18 bits per heavy atom. The third kappa shape index (κ3) is 5.75. The van der Waals surface area contributed by atoms with Crippen molar-refractivity contribution in [1.82, 2.24) is 19.9 Å². The van der Waals surface area contributed by atoms with Crippen LogP contribution in [0.4, 0.5) is 0 Å². The average molecular weight is 563 g/mol. The van der Waals surface area contributed by atoms with E-state index in [1.807, 2.05) is 58.0 Å². The van der Waals surface area contributed by atoms with E-state index in [2.05, 4.69) is 16.0 Å². The fourth-order valence-corrected chi connectivity index (χ4v) is 5.11. The van der Waals surface area contributed by atoms with Gasteiger partial charge >= 0.3 is 11.9 Å². The van der Waals surface area contributed by atoms with Crippen molar-refractivity contribution in [1.29, 1.82) is 0 Å². The number of nitrogens with one attached hydrogen (secondary N) is 2. The Bertz CT molecular complexity index is 1730. The second kappa shape index (κ2) is 11.1. The summed E-state index contributed by atoms with van der Waals surface area (Å²) in [5.41, 5.74) is 12.4. The Balaban J connectivity index is 0.00000353. The number of carboxylic acid groups (broad SMARTS) is 2. The molecule has 0 aromatic carbocycles. The molecule has 2 aliphatic heterocycles. The third-order valence-corrected chi connectivity index (χ3v) is 7.26. The Morgan fingerprint density at radius 1 is 0.769 bits per heavy atom. The number of aromatic amines is 2. The number of allylic oxidation sites excluding steroid dienone is 3. The van der Waals surface area contributed by atoms with Gasteiger partial charge in [0.1, 0.15) is 0 Å². The molecule has 0 unspecified atom stereocenters. The smallest absolute Gasteiger partial charge is 0.303 e.